The molecule has 1 heterocycles. The lowest BCUT2D eigenvalue weighted by atomic mass is 9.93. The van der Waals surface area contributed by atoms with Crippen LogP contribution in [0.15, 0.2) is 10.5 Å². The van der Waals surface area contributed by atoms with E-state index in [4.69, 9.17) is 5.73 Å². The normalized spacial score (nSPS) is 23.1. The van der Waals surface area contributed by atoms with Crippen LogP contribution >= 0.6 is 15.9 Å². The smallest absolute Gasteiger partial charge is 0.345 e. The Balaban J connectivity index is 1.91. The minimum absolute atomic E-state index is 0.222. The van der Waals surface area contributed by atoms with Crippen LogP contribution in [0, 0.1) is 6.92 Å². The maximum absolute atomic E-state index is 12.1. The third-order valence-corrected chi connectivity index (χ3v) is 4.12. The monoisotopic (exact) mass is 349 g/mol. The summed E-state index contributed by atoms with van der Waals surface area (Å²) in [5, 5.41) is 3.33. The molecule has 0 spiro atoms. The van der Waals surface area contributed by atoms with Gasteiger partial charge in [-0.15, -0.1) is 0 Å². The number of ether oxygens (including phenoxy) is 1. The first-order valence-electron chi connectivity index (χ1n) is 6.58. The van der Waals surface area contributed by atoms with Gasteiger partial charge in [-0.25, -0.2) is 4.98 Å². The van der Waals surface area contributed by atoms with Crippen molar-refractivity contribution in [1.29, 1.82) is 0 Å². The molecule has 0 saturated heterocycles. The molecule has 7 heteroatoms. The number of halogens is 3. The summed E-state index contributed by atoms with van der Waals surface area (Å²) in [7, 11) is 0. The molecule has 1 fully saturated rings. The number of nitrogens with zero attached hydrogens (tertiary/aromatic N) is 1. The largest absolute Gasteiger partial charge is 0.397 e. The Hall–Kier alpha value is -0.950. The Morgan fingerprint density at radius 1 is 1.40 bits per heavy atom. The van der Waals surface area contributed by atoms with Crippen LogP contribution in [0.4, 0.5) is 20.3 Å². The van der Waals surface area contributed by atoms with Crippen LogP contribution in [0.5, 0.6) is 0 Å². The zero-order valence-electron chi connectivity index (χ0n) is 11.2. The van der Waals surface area contributed by atoms with Crippen LogP contribution in [0.3, 0.4) is 0 Å². The number of aryl methyl sites for hydroxylation is 1. The number of hydrogen-bond donors (Lipinski definition) is 2. The number of aromatic nitrogens is 1. The van der Waals surface area contributed by atoms with Crippen molar-refractivity contribution in [3.8, 4) is 0 Å². The molecule has 1 aliphatic rings. The van der Waals surface area contributed by atoms with Crippen molar-refractivity contribution >= 4 is 27.4 Å². The van der Waals surface area contributed by atoms with Gasteiger partial charge in [-0.3, -0.25) is 0 Å². The van der Waals surface area contributed by atoms with E-state index in [1.165, 1.54) is 0 Å². The zero-order valence-corrected chi connectivity index (χ0v) is 12.8. The van der Waals surface area contributed by atoms with Gasteiger partial charge in [-0.1, -0.05) is 0 Å². The molecule has 4 nitrogen and oxygen atoms in total. The van der Waals surface area contributed by atoms with E-state index in [0.717, 1.165) is 28.8 Å². The topological polar surface area (TPSA) is 60.2 Å². The van der Waals surface area contributed by atoms with E-state index in [1.54, 1.807) is 0 Å². The van der Waals surface area contributed by atoms with Gasteiger partial charge in [-0.05, 0) is 54.6 Å². The van der Waals surface area contributed by atoms with Gasteiger partial charge in [-0.2, -0.15) is 8.78 Å². The summed E-state index contributed by atoms with van der Waals surface area (Å²) < 4.78 is 29.6. The molecule has 20 heavy (non-hydrogen) atoms. The van der Waals surface area contributed by atoms with E-state index in [9.17, 15) is 8.78 Å². The molecule has 1 saturated carbocycles. The molecule has 0 radical (unpaired) electrons. The third kappa shape index (κ3) is 4.02. The molecule has 0 atom stereocenters. The first-order chi connectivity index (χ1) is 9.45. The number of pyridine rings is 1. The summed E-state index contributed by atoms with van der Waals surface area (Å²) in [5.41, 5.74) is 7.18. The van der Waals surface area contributed by atoms with Crippen molar-refractivity contribution in [3.05, 3.63) is 16.2 Å². The maximum atomic E-state index is 12.1. The Morgan fingerprint density at radius 3 is 2.65 bits per heavy atom. The van der Waals surface area contributed by atoms with Crippen molar-refractivity contribution in [3.63, 3.8) is 0 Å². The van der Waals surface area contributed by atoms with Gasteiger partial charge in [0, 0.05) is 6.04 Å². The highest BCUT2D eigenvalue weighted by Crippen LogP contribution is 2.29. The highest BCUT2D eigenvalue weighted by Gasteiger charge is 2.24. The van der Waals surface area contributed by atoms with E-state index >= 15 is 0 Å². The minimum Gasteiger partial charge on any atom is -0.397 e. The van der Waals surface area contributed by atoms with E-state index in [0.29, 0.717) is 18.5 Å². The number of anilines is 2. The van der Waals surface area contributed by atoms with Gasteiger partial charge in [0.25, 0.3) is 0 Å². The number of hydrogen-bond acceptors (Lipinski definition) is 4. The predicted octanol–water partition coefficient (Wildman–Crippen LogP) is 3.70. The van der Waals surface area contributed by atoms with Crippen molar-refractivity contribution < 1.29 is 13.5 Å². The van der Waals surface area contributed by atoms with Gasteiger partial charge in [0.1, 0.15) is 5.82 Å². The molecule has 2 rings (SSSR count). The summed E-state index contributed by atoms with van der Waals surface area (Å²) in [6, 6.07) is 2.04. The predicted molar refractivity (Wildman–Crippen MR) is 77.8 cm³/mol. The quantitative estimate of drug-likeness (QED) is 0.869. The van der Waals surface area contributed by atoms with Crippen molar-refractivity contribution in [2.24, 2.45) is 0 Å². The van der Waals surface area contributed by atoms with Crippen LogP contribution in [0.2, 0.25) is 0 Å². The van der Waals surface area contributed by atoms with Crippen LogP contribution in [0.25, 0.3) is 0 Å². The minimum atomic E-state index is -2.68. The number of alkyl halides is 2. The van der Waals surface area contributed by atoms with Crippen LogP contribution in [-0.2, 0) is 4.74 Å². The molecule has 112 valence electrons. The second-order valence-electron chi connectivity index (χ2n) is 5.01. The van der Waals surface area contributed by atoms with Gasteiger partial charge < -0.3 is 15.8 Å². The van der Waals surface area contributed by atoms with Crippen molar-refractivity contribution in [2.75, 3.05) is 11.1 Å². The lowest BCUT2D eigenvalue weighted by molar-refractivity contribution is -0.169. The lowest BCUT2D eigenvalue weighted by Crippen LogP contribution is -2.31. The molecule has 0 unspecified atom stereocenters. The molecule has 3 N–H and O–H groups in total. The molecular weight excluding hydrogens is 332 g/mol. The second kappa shape index (κ2) is 6.67. The van der Waals surface area contributed by atoms with Crippen LogP contribution in [0.1, 0.15) is 31.4 Å². The highest BCUT2D eigenvalue weighted by molar-refractivity contribution is 9.10. The van der Waals surface area contributed by atoms with E-state index in [2.05, 4.69) is 31.0 Å². The van der Waals surface area contributed by atoms with Gasteiger partial charge in [0.15, 0.2) is 0 Å². The second-order valence-corrected chi connectivity index (χ2v) is 5.86. The molecule has 0 aliphatic heterocycles. The first-order valence-corrected chi connectivity index (χ1v) is 7.37. The zero-order chi connectivity index (χ0) is 14.7. The Labute approximate surface area is 125 Å². The summed E-state index contributed by atoms with van der Waals surface area (Å²) in [4.78, 5) is 4.40. The summed E-state index contributed by atoms with van der Waals surface area (Å²) in [5.74, 6) is 0.745. The molecule has 1 aliphatic carbocycles. The highest BCUT2D eigenvalue weighted by atomic mass is 79.9. The molecule has 0 bridgehead atoms. The van der Waals surface area contributed by atoms with Crippen LogP contribution < -0.4 is 11.1 Å². The Bertz CT molecular complexity index is 465. The standard InChI is InChI=1S/C13H18BrF2N3O/c1-7-11(17)6-10(14)12(18-7)19-8-2-4-9(5-3-8)20-13(15)16/h6,8-9,13H,2-5,17H2,1H3,(H,18,19)/t8-,9-. The van der Waals surface area contributed by atoms with Crippen molar-refractivity contribution in [2.45, 2.75) is 51.4 Å². The average Bonchev–Trinajstić information content (AvgIpc) is 2.37. The molecule has 0 aromatic carbocycles. The van der Waals surface area contributed by atoms with Gasteiger partial charge in [0.2, 0.25) is 0 Å². The maximum Gasteiger partial charge on any atom is 0.345 e. The molecular formula is C13H18BrF2N3O. The molecule has 1 aromatic heterocycles. The van der Waals surface area contributed by atoms with Crippen LogP contribution in [-0.4, -0.2) is 23.7 Å². The number of nitrogen functional groups attached to an aromatic ring is 1. The molecule has 0 amide bonds. The number of rotatable bonds is 4. The lowest BCUT2D eigenvalue weighted by Gasteiger charge is -2.29. The first kappa shape index (κ1) is 15.4. The fourth-order valence-corrected chi connectivity index (χ4v) is 2.83. The van der Waals surface area contributed by atoms with Crippen molar-refractivity contribution in [1.82, 2.24) is 4.98 Å². The number of nitrogens with two attached hydrogens (primary N) is 1. The fraction of sp³-hybridized carbons (Fsp3) is 0.615. The average molecular weight is 350 g/mol. The van der Waals surface area contributed by atoms with E-state index in [-0.39, 0.29) is 12.1 Å². The Kier molecular flexibility index (Phi) is 5.15. The van der Waals surface area contributed by atoms with E-state index < -0.39 is 6.61 Å². The fourth-order valence-electron chi connectivity index (χ4n) is 2.38. The summed E-state index contributed by atoms with van der Waals surface area (Å²) in [6.07, 6.45) is 2.50. The van der Waals surface area contributed by atoms with Gasteiger partial charge >= 0.3 is 6.61 Å². The number of nitrogens with one attached hydrogen (secondary N) is 1. The van der Waals surface area contributed by atoms with Gasteiger partial charge in [0.05, 0.1) is 22.0 Å². The van der Waals surface area contributed by atoms with E-state index in [1.807, 2.05) is 13.0 Å². The summed E-state index contributed by atoms with van der Waals surface area (Å²) in [6.45, 7) is -0.833. The molecule has 1 aromatic rings. The SMILES string of the molecule is Cc1nc(N[C@H]2CC[C@H](OC(F)F)CC2)c(Br)cc1N. The third-order valence-electron chi connectivity index (χ3n) is 3.52. The Morgan fingerprint density at radius 2 is 2.05 bits per heavy atom. The summed E-state index contributed by atoms with van der Waals surface area (Å²) >= 11 is 3.42.